The molecule has 1 N–H and O–H groups in total. The minimum absolute atomic E-state index is 0.0303. The van der Waals surface area contributed by atoms with E-state index in [4.69, 9.17) is 9.84 Å². The van der Waals surface area contributed by atoms with Crippen molar-refractivity contribution in [1.29, 1.82) is 0 Å². The van der Waals surface area contributed by atoms with Crippen molar-refractivity contribution >= 4 is 17.0 Å². The summed E-state index contributed by atoms with van der Waals surface area (Å²) in [5.74, 6) is 0.588. The van der Waals surface area contributed by atoms with E-state index in [2.05, 4.69) is 4.98 Å². The topological polar surface area (TPSA) is 64.4 Å². The van der Waals surface area contributed by atoms with E-state index in [0.717, 1.165) is 42.7 Å². The van der Waals surface area contributed by atoms with Crippen LogP contribution in [-0.4, -0.2) is 33.3 Å². The van der Waals surface area contributed by atoms with Gasteiger partial charge in [-0.25, -0.2) is 4.98 Å². The van der Waals surface area contributed by atoms with Gasteiger partial charge in [-0.05, 0) is 37.8 Å². The van der Waals surface area contributed by atoms with Crippen LogP contribution in [0.4, 0.5) is 0 Å². The monoisotopic (exact) mass is 288 g/mol. The van der Waals surface area contributed by atoms with Crippen LogP contribution in [0.5, 0.6) is 0 Å². The molecule has 0 amide bonds. The van der Waals surface area contributed by atoms with Gasteiger partial charge in [0.25, 0.3) is 0 Å². The van der Waals surface area contributed by atoms with E-state index in [-0.39, 0.29) is 6.54 Å². The van der Waals surface area contributed by atoms with Crippen LogP contribution in [0.15, 0.2) is 24.3 Å². The molecule has 0 spiro atoms. The van der Waals surface area contributed by atoms with E-state index in [1.807, 2.05) is 35.8 Å². The Morgan fingerprint density at radius 3 is 2.90 bits per heavy atom. The van der Waals surface area contributed by atoms with Gasteiger partial charge < -0.3 is 14.4 Å². The Kier molecular flexibility index (Phi) is 3.92. The molecule has 0 bridgehead atoms. The van der Waals surface area contributed by atoms with E-state index >= 15 is 0 Å². The van der Waals surface area contributed by atoms with Gasteiger partial charge in [0.15, 0.2) is 0 Å². The summed E-state index contributed by atoms with van der Waals surface area (Å²) in [5.41, 5.74) is 1.77. The summed E-state index contributed by atoms with van der Waals surface area (Å²) < 4.78 is 7.40. The number of carboxylic acid groups (broad SMARTS) is 1. The van der Waals surface area contributed by atoms with E-state index in [9.17, 15) is 4.79 Å². The zero-order chi connectivity index (χ0) is 14.8. The first-order chi connectivity index (χ1) is 10.2. The second-order valence-electron chi connectivity index (χ2n) is 5.62. The zero-order valence-corrected chi connectivity index (χ0v) is 12.2. The molecule has 0 saturated heterocycles. The maximum atomic E-state index is 11.1. The number of ether oxygens (including phenoxy) is 1. The summed E-state index contributed by atoms with van der Waals surface area (Å²) >= 11 is 0. The number of carboxylic acids is 1. The Balaban J connectivity index is 1.79. The second kappa shape index (κ2) is 5.85. The number of nitrogens with zero attached hydrogens (tertiary/aromatic N) is 2. The summed E-state index contributed by atoms with van der Waals surface area (Å²) in [5, 5.41) is 9.12. The van der Waals surface area contributed by atoms with Crippen molar-refractivity contribution < 1.29 is 14.6 Å². The zero-order valence-electron chi connectivity index (χ0n) is 12.2. The highest BCUT2D eigenvalue weighted by Gasteiger charge is 2.31. The highest BCUT2D eigenvalue weighted by Crippen LogP contribution is 2.33. The van der Waals surface area contributed by atoms with Crippen molar-refractivity contribution in [2.45, 2.75) is 38.8 Å². The predicted molar refractivity (Wildman–Crippen MR) is 79.2 cm³/mol. The van der Waals surface area contributed by atoms with Crippen LogP contribution in [0.3, 0.4) is 0 Å². The second-order valence-corrected chi connectivity index (χ2v) is 5.62. The molecule has 1 fully saturated rings. The Bertz CT molecular complexity index is 644. The molecule has 1 aromatic heterocycles. The molecule has 0 aliphatic heterocycles. The van der Waals surface area contributed by atoms with Gasteiger partial charge in [-0.2, -0.15) is 0 Å². The molecule has 1 aromatic carbocycles. The Morgan fingerprint density at radius 1 is 1.43 bits per heavy atom. The smallest absolute Gasteiger partial charge is 0.323 e. The fourth-order valence-electron chi connectivity index (χ4n) is 3.06. The van der Waals surface area contributed by atoms with E-state index < -0.39 is 5.97 Å². The van der Waals surface area contributed by atoms with Gasteiger partial charge in [-0.3, -0.25) is 4.79 Å². The molecule has 1 saturated carbocycles. The summed E-state index contributed by atoms with van der Waals surface area (Å²) in [4.78, 5) is 15.7. The first-order valence-electron chi connectivity index (χ1n) is 7.45. The SMILES string of the molecule is CCOC1CC(Cc2nc3ccccc3n2CC(=O)O)C1. The van der Waals surface area contributed by atoms with Crippen molar-refractivity contribution in [2.24, 2.45) is 5.92 Å². The van der Waals surface area contributed by atoms with Gasteiger partial charge in [0.05, 0.1) is 17.1 Å². The maximum Gasteiger partial charge on any atom is 0.323 e. The van der Waals surface area contributed by atoms with E-state index in [0.29, 0.717) is 12.0 Å². The number of rotatable bonds is 6. The van der Waals surface area contributed by atoms with Crippen LogP contribution in [0.1, 0.15) is 25.6 Å². The van der Waals surface area contributed by atoms with Gasteiger partial charge in [0.1, 0.15) is 12.4 Å². The van der Waals surface area contributed by atoms with Gasteiger partial charge in [0, 0.05) is 13.0 Å². The van der Waals surface area contributed by atoms with Gasteiger partial charge >= 0.3 is 5.97 Å². The molecule has 5 heteroatoms. The van der Waals surface area contributed by atoms with Gasteiger partial charge in [-0.1, -0.05) is 12.1 Å². The molecule has 3 rings (SSSR count). The lowest BCUT2D eigenvalue weighted by Gasteiger charge is -2.34. The number of benzene rings is 1. The molecular weight excluding hydrogens is 268 g/mol. The van der Waals surface area contributed by atoms with Crippen LogP contribution in [0.2, 0.25) is 0 Å². The molecule has 1 aliphatic carbocycles. The molecule has 5 nitrogen and oxygen atoms in total. The summed E-state index contributed by atoms with van der Waals surface area (Å²) in [6.07, 6.45) is 3.29. The molecule has 112 valence electrons. The van der Waals surface area contributed by atoms with Crippen molar-refractivity contribution in [3.63, 3.8) is 0 Å². The Labute approximate surface area is 123 Å². The van der Waals surface area contributed by atoms with Gasteiger partial charge in [-0.15, -0.1) is 0 Å². The van der Waals surface area contributed by atoms with E-state index in [1.54, 1.807) is 0 Å². The van der Waals surface area contributed by atoms with Crippen molar-refractivity contribution in [2.75, 3.05) is 6.61 Å². The molecular formula is C16H20N2O3. The number of carbonyl (C=O) groups is 1. The molecule has 0 atom stereocenters. The van der Waals surface area contributed by atoms with Crippen molar-refractivity contribution in [3.05, 3.63) is 30.1 Å². The van der Waals surface area contributed by atoms with Gasteiger partial charge in [0.2, 0.25) is 0 Å². The highest BCUT2D eigenvalue weighted by molar-refractivity contribution is 5.78. The van der Waals surface area contributed by atoms with Crippen LogP contribution in [0.25, 0.3) is 11.0 Å². The maximum absolute atomic E-state index is 11.1. The lowest BCUT2D eigenvalue weighted by atomic mass is 9.80. The lowest BCUT2D eigenvalue weighted by molar-refractivity contribution is -0.137. The number of hydrogen-bond donors (Lipinski definition) is 1. The summed E-state index contributed by atoms with van der Waals surface area (Å²) in [6.45, 7) is 2.74. The van der Waals surface area contributed by atoms with Crippen LogP contribution < -0.4 is 0 Å². The number of aliphatic carboxylic acids is 1. The fourth-order valence-corrected chi connectivity index (χ4v) is 3.06. The molecule has 21 heavy (non-hydrogen) atoms. The van der Waals surface area contributed by atoms with Crippen molar-refractivity contribution in [1.82, 2.24) is 9.55 Å². The normalized spacial score (nSPS) is 21.4. The average Bonchev–Trinajstić information content (AvgIpc) is 2.74. The Hall–Kier alpha value is -1.88. The summed E-state index contributed by atoms with van der Waals surface area (Å²) in [6, 6.07) is 7.71. The highest BCUT2D eigenvalue weighted by atomic mass is 16.5. The first kappa shape index (κ1) is 14.1. The predicted octanol–water partition coefficient (Wildman–Crippen LogP) is 2.48. The molecule has 0 unspecified atom stereocenters. The third-order valence-electron chi connectivity index (χ3n) is 4.09. The minimum atomic E-state index is -0.833. The van der Waals surface area contributed by atoms with Crippen LogP contribution >= 0.6 is 0 Å². The quantitative estimate of drug-likeness (QED) is 0.887. The first-order valence-corrected chi connectivity index (χ1v) is 7.45. The number of aromatic nitrogens is 2. The standard InChI is InChI=1S/C16H20N2O3/c1-2-21-12-7-11(8-12)9-15-17-13-5-3-4-6-14(13)18(15)10-16(19)20/h3-6,11-12H,2,7-10H2,1H3,(H,19,20). The lowest BCUT2D eigenvalue weighted by Crippen LogP contribution is -2.33. The van der Waals surface area contributed by atoms with E-state index in [1.165, 1.54) is 0 Å². The molecule has 1 heterocycles. The largest absolute Gasteiger partial charge is 0.480 e. The number of fused-ring (bicyclic) bond motifs is 1. The minimum Gasteiger partial charge on any atom is -0.480 e. The molecule has 2 aromatic rings. The average molecular weight is 288 g/mol. The van der Waals surface area contributed by atoms with Crippen molar-refractivity contribution in [3.8, 4) is 0 Å². The number of hydrogen-bond acceptors (Lipinski definition) is 3. The van der Waals surface area contributed by atoms with Crippen LogP contribution in [0, 0.1) is 5.92 Å². The molecule has 0 radical (unpaired) electrons. The number of imidazole rings is 1. The molecule has 1 aliphatic rings. The third kappa shape index (κ3) is 2.93. The van der Waals surface area contributed by atoms with Crippen LogP contribution in [-0.2, 0) is 22.5 Å². The Morgan fingerprint density at radius 2 is 2.19 bits per heavy atom. The number of para-hydroxylation sites is 2. The fraction of sp³-hybridized carbons (Fsp3) is 0.500. The third-order valence-corrected chi connectivity index (χ3v) is 4.09. The summed E-state index contributed by atoms with van der Waals surface area (Å²) in [7, 11) is 0.